The van der Waals surface area contributed by atoms with E-state index in [2.05, 4.69) is 25.9 Å². The third-order valence-corrected chi connectivity index (χ3v) is 2.37. The van der Waals surface area contributed by atoms with E-state index in [9.17, 15) is 0 Å². The van der Waals surface area contributed by atoms with E-state index in [-0.39, 0.29) is 6.24 Å². The normalized spacial score (nSPS) is 17.5. The van der Waals surface area contributed by atoms with E-state index in [1.807, 2.05) is 0 Å². The van der Waals surface area contributed by atoms with Gasteiger partial charge in [0, 0.05) is 12.0 Å². The standard InChI is InChI=1S/C9H15NO/c1-4-7(2)8(3)9-5-6-11-10-9/h5-8H,4H2,1-3H3/i6D. The van der Waals surface area contributed by atoms with Gasteiger partial charge < -0.3 is 4.52 Å². The number of aromatic nitrogens is 1. The van der Waals surface area contributed by atoms with Crippen molar-refractivity contribution in [1.29, 1.82) is 0 Å². The first-order chi connectivity index (χ1) is 5.65. The second kappa shape index (κ2) is 3.56. The van der Waals surface area contributed by atoms with Crippen LogP contribution in [0.25, 0.3) is 0 Å². The summed E-state index contributed by atoms with van der Waals surface area (Å²) in [4.78, 5) is 0. The first-order valence-electron chi connectivity index (χ1n) is 4.58. The average Bonchev–Trinajstić information content (AvgIpc) is 2.49. The summed E-state index contributed by atoms with van der Waals surface area (Å²) in [6.45, 7) is 6.46. The van der Waals surface area contributed by atoms with Crippen LogP contribution in [0.2, 0.25) is 0 Å². The Labute approximate surface area is 69.0 Å². The molecule has 0 aliphatic heterocycles. The van der Waals surface area contributed by atoms with E-state index >= 15 is 0 Å². The Bertz CT molecular complexity index is 246. The average molecular weight is 154 g/mol. The maximum absolute atomic E-state index is 7.18. The Morgan fingerprint density at radius 1 is 1.73 bits per heavy atom. The van der Waals surface area contributed by atoms with Crippen molar-refractivity contribution in [3.63, 3.8) is 0 Å². The van der Waals surface area contributed by atoms with E-state index in [0.717, 1.165) is 12.1 Å². The minimum absolute atomic E-state index is 0.153. The lowest BCUT2D eigenvalue weighted by Crippen LogP contribution is -2.04. The number of rotatable bonds is 3. The maximum Gasteiger partial charge on any atom is 0.124 e. The molecule has 0 fully saturated rings. The molecule has 0 aromatic carbocycles. The lowest BCUT2D eigenvalue weighted by molar-refractivity contribution is 0.386. The molecular weight excluding hydrogens is 138 g/mol. The molecule has 2 atom stereocenters. The molecule has 2 heteroatoms. The van der Waals surface area contributed by atoms with Crippen molar-refractivity contribution in [1.82, 2.24) is 5.16 Å². The zero-order valence-electron chi connectivity index (χ0n) is 8.29. The van der Waals surface area contributed by atoms with Crippen molar-refractivity contribution >= 4 is 0 Å². The Hall–Kier alpha value is -0.790. The smallest absolute Gasteiger partial charge is 0.124 e. The van der Waals surface area contributed by atoms with Crippen LogP contribution in [0.15, 0.2) is 16.8 Å². The topological polar surface area (TPSA) is 26.0 Å². The van der Waals surface area contributed by atoms with Crippen LogP contribution in [0.5, 0.6) is 0 Å². The highest BCUT2D eigenvalue weighted by atomic mass is 16.5. The summed E-state index contributed by atoms with van der Waals surface area (Å²) in [6.07, 6.45) is 1.28. The van der Waals surface area contributed by atoms with Gasteiger partial charge in [0.1, 0.15) is 7.61 Å². The molecule has 0 aliphatic rings. The van der Waals surface area contributed by atoms with Crippen molar-refractivity contribution in [2.75, 3.05) is 0 Å². The molecule has 2 nitrogen and oxygen atoms in total. The lowest BCUT2D eigenvalue weighted by atomic mass is 9.91. The van der Waals surface area contributed by atoms with Crippen molar-refractivity contribution in [3.8, 4) is 0 Å². The summed E-state index contributed by atoms with van der Waals surface area (Å²) in [5.74, 6) is 0.979. The van der Waals surface area contributed by atoms with E-state index < -0.39 is 0 Å². The van der Waals surface area contributed by atoms with Gasteiger partial charge in [-0.15, -0.1) is 0 Å². The van der Waals surface area contributed by atoms with E-state index in [1.54, 1.807) is 6.07 Å². The number of hydrogen-bond donors (Lipinski definition) is 0. The van der Waals surface area contributed by atoms with Crippen molar-refractivity contribution in [2.24, 2.45) is 5.92 Å². The van der Waals surface area contributed by atoms with Gasteiger partial charge in [-0.3, -0.25) is 0 Å². The molecule has 0 radical (unpaired) electrons. The van der Waals surface area contributed by atoms with Gasteiger partial charge in [0.25, 0.3) is 0 Å². The molecule has 0 N–H and O–H groups in total. The molecule has 1 heterocycles. The summed E-state index contributed by atoms with van der Waals surface area (Å²) in [5.41, 5.74) is 0.898. The molecule has 11 heavy (non-hydrogen) atoms. The number of nitrogens with zero attached hydrogens (tertiary/aromatic N) is 1. The molecular formula is C9H15NO. The second-order valence-electron chi connectivity index (χ2n) is 3.04. The predicted octanol–water partition coefficient (Wildman–Crippen LogP) is 2.82. The molecule has 0 aliphatic carbocycles. The minimum Gasteiger partial charge on any atom is -0.365 e. The summed E-state index contributed by atoms with van der Waals surface area (Å²) in [7, 11) is 0. The SMILES string of the molecule is [2H]c1cc(C(C)C(C)CC)no1. The summed E-state index contributed by atoms with van der Waals surface area (Å²) >= 11 is 0. The van der Waals surface area contributed by atoms with Crippen molar-refractivity contribution in [2.45, 2.75) is 33.1 Å². The van der Waals surface area contributed by atoms with Crippen LogP contribution in [0.1, 0.15) is 40.2 Å². The minimum atomic E-state index is 0.153. The summed E-state index contributed by atoms with van der Waals surface area (Å²) < 4.78 is 11.9. The Morgan fingerprint density at radius 3 is 2.91 bits per heavy atom. The zero-order chi connectivity index (χ0) is 9.14. The highest BCUT2D eigenvalue weighted by molar-refractivity contribution is 5.03. The van der Waals surface area contributed by atoms with Crippen LogP contribution in [-0.4, -0.2) is 5.16 Å². The van der Waals surface area contributed by atoms with E-state index in [4.69, 9.17) is 5.89 Å². The highest BCUT2D eigenvalue weighted by Gasteiger charge is 2.14. The van der Waals surface area contributed by atoms with Gasteiger partial charge in [-0.1, -0.05) is 32.3 Å². The molecule has 2 unspecified atom stereocenters. The van der Waals surface area contributed by atoms with Gasteiger partial charge in [0.2, 0.25) is 0 Å². The largest absolute Gasteiger partial charge is 0.365 e. The molecule has 1 aromatic rings. The van der Waals surface area contributed by atoms with Crippen LogP contribution in [0, 0.1) is 5.92 Å². The Balaban J connectivity index is 2.70. The fourth-order valence-electron chi connectivity index (χ4n) is 1.05. The van der Waals surface area contributed by atoms with Crippen molar-refractivity contribution < 1.29 is 5.89 Å². The van der Waals surface area contributed by atoms with Gasteiger partial charge in [0.05, 0.1) is 5.69 Å². The Kier molecular flexibility index (Phi) is 2.23. The van der Waals surface area contributed by atoms with Crippen LogP contribution >= 0.6 is 0 Å². The molecule has 0 saturated heterocycles. The van der Waals surface area contributed by atoms with Gasteiger partial charge >= 0.3 is 0 Å². The van der Waals surface area contributed by atoms with Crippen LogP contribution in [0.4, 0.5) is 0 Å². The first-order valence-corrected chi connectivity index (χ1v) is 4.08. The molecule has 1 rings (SSSR count). The number of hydrogen-bond acceptors (Lipinski definition) is 2. The quantitative estimate of drug-likeness (QED) is 0.669. The van der Waals surface area contributed by atoms with Crippen LogP contribution in [0.3, 0.4) is 0 Å². The lowest BCUT2D eigenvalue weighted by Gasteiger charge is -2.14. The third-order valence-electron chi connectivity index (χ3n) is 2.37. The molecule has 0 saturated carbocycles. The van der Waals surface area contributed by atoms with Gasteiger partial charge in [-0.2, -0.15) is 0 Å². The predicted molar refractivity (Wildman–Crippen MR) is 44.4 cm³/mol. The van der Waals surface area contributed by atoms with E-state index in [0.29, 0.717) is 11.8 Å². The van der Waals surface area contributed by atoms with Gasteiger partial charge in [-0.05, 0) is 5.92 Å². The van der Waals surface area contributed by atoms with Gasteiger partial charge in [0.15, 0.2) is 0 Å². The van der Waals surface area contributed by atoms with Crippen LogP contribution in [-0.2, 0) is 0 Å². The molecule has 0 spiro atoms. The highest BCUT2D eigenvalue weighted by Crippen LogP contribution is 2.24. The van der Waals surface area contributed by atoms with Gasteiger partial charge in [-0.25, -0.2) is 0 Å². The fraction of sp³-hybridized carbons (Fsp3) is 0.667. The van der Waals surface area contributed by atoms with Crippen molar-refractivity contribution in [3.05, 3.63) is 18.0 Å². The molecule has 62 valence electrons. The Morgan fingerprint density at radius 2 is 2.45 bits per heavy atom. The van der Waals surface area contributed by atoms with E-state index in [1.165, 1.54) is 0 Å². The fourth-order valence-corrected chi connectivity index (χ4v) is 1.05. The molecule has 0 bridgehead atoms. The maximum atomic E-state index is 7.18. The molecule has 0 amide bonds. The third kappa shape index (κ3) is 1.82. The van der Waals surface area contributed by atoms with Crippen LogP contribution < -0.4 is 0 Å². The first kappa shape index (κ1) is 6.89. The zero-order valence-corrected chi connectivity index (χ0v) is 7.29. The summed E-state index contributed by atoms with van der Waals surface area (Å²) in [6, 6.07) is 1.69. The molecule has 1 aromatic heterocycles. The second-order valence-corrected chi connectivity index (χ2v) is 3.04. The monoisotopic (exact) mass is 154 g/mol. The summed E-state index contributed by atoms with van der Waals surface area (Å²) in [5, 5.41) is 3.82.